The van der Waals surface area contributed by atoms with Crippen molar-refractivity contribution < 1.29 is 9.47 Å². The molecule has 2 aromatic carbocycles. The quantitative estimate of drug-likeness (QED) is 0.237. The van der Waals surface area contributed by atoms with E-state index in [-0.39, 0.29) is 0 Å². The summed E-state index contributed by atoms with van der Waals surface area (Å²) in [4.78, 5) is 2.46. The highest BCUT2D eigenvalue weighted by Crippen LogP contribution is 2.41. The van der Waals surface area contributed by atoms with Gasteiger partial charge in [0, 0.05) is 56.8 Å². The first-order valence-electron chi connectivity index (χ1n) is 13.5. The Bertz CT molecular complexity index is 1200. The fraction of sp³-hybridized carbons (Fsp3) is 0.500. The molecule has 36 heavy (non-hydrogen) atoms. The second-order valence-electron chi connectivity index (χ2n) is 12.0. The zero-order chi connectivity index (χ0) is 25.3. The molecule has 2 atom stereocenters. The van der Waals surface area contributed by atoms with E-state index in [0.29, 0.717) is 19.4 Å². The van der Waals surface area contributed by atoms with Crippen molar-refractivity contribution in [1.29, 1.82) is 0 Å². The molecule has 2 aliphatic rings. The van der Waals surface area contributed by atoms with E-state index in [1.807, 2.05) is 10.9 Å². The molecule has 3 aromatic rings. The molecule has 1 fully saturated rings. The van der Waals surface area contributed by atoms with Gasteiger partial charge in [0.05, 0.1) is 6.20 Å². The van der Waals surface area contributed by atoms with Gasteiger partial charge in [-0.15, -0.1) is 0 Å². The van der Waals surface area contributed by atoms with Crippen LogP contribution >= 0.6 is 0 Å². The monoisotopic (exact) mass is 503 g/mol. The van der Waals surface area contributed by atoms with E-state index < -0.39 is 8.07 Å². The predicted molar refractivity (Wildman–Crippen MR) is 151 cm³/mol. The minimum Gasteiger partial charge on any atom is -0.488 e. The van der Waals surface area contributed by atoms with Crippen molar-refractivity contribution in [2.75, 3.05) is 18.6 Å². The fourth-order valence-corrected chi connectivity index (χ4v) is 6.22. The number of rotatable bonds is 8. The number of nitrogens with zero attached hydrogens (tertiary/aromatic N) is 3. The first kappa shape index (κ1) is 25.1. The van der Waals surface area contributed by atoms with Crippen molar-refractivity contribution in [2.45, 2.75) is 77.7 Å². The van der Waals surface area contributed by atoms with Gasteiger partial charge in [0.15, 0.2) is 0 Å². The molecule has 192 valence electrons. The molecule has 0 spiro atoms. The van der Waals surface area contributed by atoms with Gasteiger partial charge in [-0.3, -0.25) is 0 Å². The van der Waals surface area contributed by atoms with Crippen LogP contribution in [0.2, 0.25) is 25.7 Å². The molecular formula is C30H41N3O2Si. The topological polar surface area (TPSA) is 39.5 Å². The summed E-state index contributed by atoms with van der Waals surface area (Å²) < 4.78 is 14.0. The third kappa shape index (κ3) is 5.70. The molecule has 6 heteroatoms. The van der Waals surface area contributed by atoms with E-state index in [2.05, 4.69) is 86.2 Å². The van der Waals surface area contributed by atoms with Crippen LogP contribution in [0.3, 0.4) is 0 Å². The van der Waals surface area contributed by atoms with E-state index >= 15 is 0 Å². The van der Waals surface area contributed by atoms with Crippen LogP contribution in [0.1, 0.15) is 38.2 Å². The summed E-state index contributed by atoms with van der Waals surface area (Å²) in [6.07, 6.45) is 9.26. The average molecular weight is 504 g/mol. The van der Waals surface area contributed by atoms with Crippen molar-refractivity contribution in [3.05, 3.63) is 54.4 Å². The Morgan fingerprint density at radius 3 is 2.72 bits per heavy atom. The second-order valence-corrected chi connectivity index (χ2v) is 17.6. The number of ether oxygens (including phenoxy) is 2. The van der Waals surface area contributed by atoms with Crippen LogP contribution in [0.25, 0.3) is 22.3 Å². The van der Waals surface area contributed by atoms with E-state index in [4.69, 9.17) is 9.47 Å². The first-order chi connectivity index (χ1) is 17.3. The van der Waals surface area contributed by atoms with Crippen molar-refractivity contribution in [3.8, 4) is 28.0 Å². The Labute approximate surface area is 217 Å². The molecule has 0 radical (unpaired) electrons. The predicted octanol–water partition coefficient (Wildman–Crippen LogP) is 7.44. The molecular weight excluding hydrogens is 462 g/mol. The molecule has 0 saturated heterocycles. The normalized spacial score (nSPS) is 19.4. The molecule has 0 N–H and O–H groups in total. The minimum atomic E-state index is -1.07. The lowest BCUT2D eigenvalue weighted by atomic mass is 9.86. The molecule has 1 aliphatic carbocycles. The molecule has 0 bridgehead atoms. The van der Waals surface area contributed by atoms with Crippen molar-refractivity contribution in [1.82, 2.24) is 9.78 Å². The number of benzene rings is 2. The van der Waals surface area contributed by atoms with Gasteiger partial charge in [0.25, 0.3) is 0 Å². The average Bonchev–Trinajstić information content (AvgIpc) is 3.34. The van der Waals surface area contributed by atoms with Gasteiger partial charge < -0.3 is 14.4 Å². The van der Waals surface area contributed by atoms with Crippen molar-refractivity contribution in [2.24, 2.45) is 5.92 Å². The van der Waals surface area contributed by atoms with Crippen LogP contribution < -0.4 is 9.64 Å². The first-order valence-corrected chi connectivity index (χ1v) is 17.2. The molecule has 0 amide bonds. The van der Waals surface area contributed by atoms with E-state index in [9.17, 15) is 0 Å². The minimum absolute atomic E-state index is 0.502. The van der Waals surface area contributed by atoms with Crippen molar-refractivity contribution >= 4 is 13.8 Å². The third-order valence-electron chi connectivity index (χ3n) is 7.79. The maximum atomic E-state index is 6.27. The maximum absolute atomic E-state index is 6.27. The summed E-state index contributed by atoms with van der Waals surface area (Å²) in [6.45, 7) is 11.4. The highest BCUT2D eigenvalue weighted by Gasteiger charge is 2.25. The van der Waals surface area contributed by atoms with Crippen LogP contribution in [-0.2, 0) is 18.1 Å². The van der Waals surface area contributed by atoms with Gasteiger partial charge in [-0.25, -0.2) is 4.68 Å². The number of fused-ring (bicyclic) bond motifs is 3. The van der Waals surface area contributed by atoms with E-state index in [0.717, 1.165) is 29.4 Å². The lowest BCUT2D eigenvalue weighted by molar-refractivity contribution is 0.0786. The molecule has 1 aliphatic heterocycles. The molecule has 0 unspecified atom stereocenters. The Morgan fingerprint density at radius 2 is 1.92 bits per heavy atom. The van der Waals surface area contributed by atoms with Gasteiger partial charge >= 0.3 is 0 Å². The van der Waals surface area contributed by atoms with Gasteiger partial charge in [-0.2, -0.15) is 5.10 Å². The zero-order valence-corrected chi connectivity index (χ0v) is 23.6. The smallest absolute Gasteiger partial charge is 0.139 e. The van der Waals surface area contributed by atoms with Gasteiger partial charge in [0.1, 0.15) is 19.1 Å². The summed E-state index contributed by atoms with van der Waals surface area (Å²) in [6, 6.07) is 15.2. The van der Waals surface area contributed by atoms with Gasteiger partial charge in [-0.1, -0.05) is 51.5 Å². The SMILES string of the molecule is C[C@@H]1CCC[C@@H](N(C)c2ccc3c(c2)OCc2cc(-c4cnn(COCC[Si](C)(C)C)c4)ccc2-3)C1. The Kier molecular flexibility index (Phi) is 7.27. The number of hydrogen-bond acceptors (Lipinski definition) is 4. The van der Waals surface area contributed by atoms with Crippen LogP contribution in [-0.4, -0.2) is 37.6 Å². The summed E-state index contributed by atoms with van der Waals surface area (Å²) in [7, 11) is 1.17. The number of aromatic nitrogens is 2. The number of hydrogen-bond donors (Lipinski definition) is 0. The van der Waals surface area contributed by atoms with Gasteiger partial charge in [-0.05, 0) is 59.7 Å². The van der Waals surface area contributed by atoms with E-state index in [1.54, 1.807) is 0 Å². The van der Waals surface area contributed by atoms with Crippen LogP contribution in [0.5, 0.6) is 5.75 Å². The van der Waals surface area contributed by atoms with Crippen molar-refractivity contribution in [3.63, 3.8) is 0 Å². The molecule has 5 nitrogen and oxygen atoms in total. The largest absolute Gasteiger partial charge is 0.488 e. The number of anilines is 1. The Morgan fingerprint density at radius 1 is 1.08 bits per heavy atom. The van der Waals surface area contributed by atoms with Crippen LogP contribution in [0.15, 0.2) is 48.8 Å². The summed E-state index contributed by atoms with van der Waals surface area (Å²) in [5.41, 5.74) is 7.20. The maximum Gasteiger partial charge on any atom is 0.139 e. The molecule has 5 rings (SSSR count). The third-order valence-corrected chi connectivity index (χ3v) is 9.50. The van der Waals surface area contributed by atoms with Gasteiger partial charge in [0.2, 0.25) is 0 Å². The lowest BCUT2D eigenvalue weighted by Gasteiger charge is -2.36. The zero-order valence-electron chi connectivity index (χ0n) is 22.6. The Hall–Kier alpha value is -2.57. The molecule has 1 saturated carbocycles. The van der Waals surface area contributed by atoms with Crippen LogP contribution in [0.4, 0.5) is 5.69 Å². The molecule has 2 heterocycles. The summed E-state index contributed by atoms with van der Waals surface area (Å²) >= 11 is 0. The fourth-order valence-electron chi connectivity index (χ4n) is 5.47. The summed E-state index contributed by atoms with van der Waals surface area (Å²) in [5, 5.41) is 4.51. The molecule has 1 aromatic heterocycles. The highest BCUT2D eigenvalue weighted by atomic mass is 28.3. The summed E-state index contributed by atoms with van der Waals surface area (Å²) in [5.74, 6) is 1.81. The second kappa shape index (κ2) is 10.4. The highest BCUT2D eigenvalue weighted by molar-refractivity contribution is 6.76. The van der Waals surface area contributed by atoms with Crippen LogP contribution in [0, 0.1) is 5.92 Å². The standard InChI is InChI=1S/C30H41N3O2Si/c1-22-7-6-8-26(15-22)32(2)27-10-12-29-28-11-9-23(16-24(28)20-35-30(29)17-27)25-18-31-33(19-25)21-34-13-14-36(3,4)5/h9-12,16-19,22,26H,6-8,13-15,20-21H2,1-5H3/t22-,26-/m1/s1. The Balaban J connectivity index is 1.28. The lowest BCUT2D eigenvalue weighted by Crippen LogP contribution is -2.35. The van der Waals surface area contributed by atoms with E-state index in [1.165, 1.54) is 54.1 Å².